The average molecular weight is 353 g/mol. The molecular weight excluding hydrogens is 334 g/mol. The summed E-state index contributed by atoms with van der Waals surface area (Å²) in [4.78, 5) is 22.6. The van der Waals surface area contributed by atoms with Gasteiger partial charge in [0.15, 0.2) is 0 Å². The van der Waals surface area contributed by atoms with E-state index in [9.17, 15) is 14.9 Å². The number of nitro groups is 1. The number of non-ortho nitro benzene ring substituents is 1. The van der Waals surface area contributed by atoms with Crippen molar-refractivity contribution in [3.05, 3.63) is 75.8 Å². The first kappa shape index (κ1) is 17.8. The second-order valence-electron chi connectivity index (χ2n) is 6.03. The summed E-state index contributed by atoms with van der Waals surface area (Å²) < 4.78 is 5.88. The molecule has 1 aliphatic carbocycles. The van der Waals surface area contributed by atoms with Gasteiger partial charge < -0.3 is 4.74 Å². The Kier molecular flexibility index (Phi) is 5.09. The molecule has 1 aliphatic rings. The molecule has 0 aliphatic heterocycles. The first-order chi connectivity index (χ1) is 12.6. The van der Waals surface area contributed by atoms with Crippen molar-refractivity contribution in [2.75, 3.05) is 6.61 Å². The fourth-order valence-electron chi connectivity index (χ4n) is 3.02. The van der Waals surface area contributed by atoms with Gasteiger partial charge >= 0.3 is 0 Å². The summed E-state index contributed by atoms with van der Waals surface area (Å²) in [5.74, 6) is -0.501. The van der Waals surface area contributed by atoms with Gasteiger partial charge in [0.05, 0.1) is 17.1 Å². The SMILES string of the molecule is CCO[C@@]1(c2ccccc2)C[C@@H]1C(=O)N/N=C\c1ccc([N+](=O)[O-])cc1. The van der Waals surface area contributed by atoms with Crippen LogP contribution in [0, 0.1) is 16.0 Å². The maximum absolute atomic E-state index is 12.4. The van der Waals surface area contributed by atoms with Crippen LogP contribution in [0.3, 0.4) is 0 Å². The Labute approximate surface area is 150 Å². The molecule has 0 heterocycles. The van der Waals surface area contributed by atoms with Gasteiger partial charge in [0, 0.05) is 18.7 Å². The Bertz CT molecular complexity index is 820. The Morgan fingerprint density at radius 3 is 2.62 bits per heavy atom. The standard InChI is InChI=1S/C19H19N3O4/c1-2-26-19(15-6-4-3-5-7-15)12-17(19)18(23)21-20-13-14-8-10-16(11-9-14)22(24)25/h3-11,13,17H,2,12H2,1H3,(H,21,23)/b20-13-/t17-,19-/m1/s1. The summed E-state index contributed by atoms with van der Waals surface area (Å²) >= 11 is 0. The fraction of sp³-hybridized carbons (Fsp3) is 0.263. The van der Waals surface area contributed by atoms with E-state index in [1.165, 1.54) is 18.3 Å². The highest BCUT2D eigenvalue weighted by Crippen LogP contribution is 2.55. The van der Waals surface area contributed by atoms with Crippen LogP contribution in [-0.2, 0) is 15.1 Å². The lowest BCUT2D eigenvalue weighted by atomic mass is 10.1. The minimum Gasteiger partial charge on any atom is -0.370 e. The molecule has 7 nitrogen and oxygen atoms in total. The Hall–Kier alpha value is -3.06. The Morgan fingerprint density at radius 1 is 1.31 bits per heavy atom. The van der Waals surface area contributed by atoms with E-state index in [0.29, 0.717) is 18.6 Å². The third-order valence-corrected chi connectivity index (χ3v) is 4.38. The molecule has 3 rings (SSSR count). The van der Waals surface area contributed by atoms with Gasteiger partial charge in [-0.3, -0.25) is 14.9 Å². The molecule has 2 aromatic rings. The van der Waals surface area contributed by atoms with E-state index < -0.39 is 10.5 Å². The first-order valence-corrected chi connectivity index (χ1v) is 8.33. The van der Waals surface area contributed by atoms with Crippen molar-refractivity contribution in [1.82, 2.24) is 5.43 Å². The number of hydrogen-bond acceptors (Lipinski definition) is 5. The molecule has 1 saturated carbocycles. The molecule has 7 heteroatoms. The van der Waals surface area contributed by atoms with E-state index in [1.807, 2.05) is 37.3 Å². The minimum atomic E-state index is -0.580. The van der Waals surface area contributed by atoms with Crippen molar-refractivity contribution >= 4 is 17.8 Å². The molecule has 1 N–H and O–H groups in total. The van der Waals surface area contributed by atoms with Gasteiger partial charge in [-0.15, -0.1) is 0 Å². The highest BCUT2D eigenvalue weighted by atomic mass is 16.6. The number of hydrogen-bond donors (Lipinski definition) is 1. The number of benzene rings is 2. The summed E-state index contributed by atoms with van der Waals surface area (Å²) in [6.45, 7) is 2.43. The lowest BCUT2D eigenvalue weighted by Crippen LogP contribution is -2.26. The summed E-state index contributed by atoms with van der Waals surface area (Å²) in [6.07, 6.45) is 2.07. The lowest BCUT2D eigenvalue weighted by Gasteiger charge is -2.17. The van der Waals surface area contributed by atoms with E-state index in [2.05, 4.69) is 10.5 Å². The van der Waals surface area contributed by atoms with Crippen LogP contribution in [-0.4, -0.2) is 23.7 Å². The maximum atomic E-state index is 12.4. The summed E-state index contributed by atoms with van der Waals surface area (Å²) in [5.41, 5.74) is 3.60. The van der Waals surface area contributed by atoms with E-state index in [1.54, 1.807) is 12.1 Å². The van der Waals surface area contributed by atoms with E-state index in [0.717, 1.165) is 5.56 Å². The zero-order chi connectivity index (χ0) is 18.6. The van der Waals surface area contributed by atoms with Gasteiger partial charge in [0.25, 0.3) is 5.69 Å². The number of carbonyl (C=O) groups is 1. The van der Waals surface area contributed by atoms with Crippen LogP contribution >= 0.6 is 0 Å². The van der Waals surface area contributed by atoms with Gasteiger partial charge in [-0.1, -0.05) is 30.3 Å². The molecular formula is C19H19N3O4. The zero-order valence-electron chi connectivity index (χ0n) is 14.3. The first-order valence-electron chi connectivity index (χ1n) is 8.33. The maximum Gasteiger partial charge on any atom is 0.269 e. The van der Waals surface area contributed by atoms with Crippen molar-refractivity contribution in [3.8, 4) is 0 Å². The van der Waals surface area contributed by atoms with Gasteiger partial charge in [0.2, 0.25) is 5.91 Å². The van der Waals surface area contributed by atoms with Crippen molar-refractivity contribution in [1.29, 1.82) is 0 Å². The zero-order valence-corrected chi connectivity index (χ0v) is 14.3. The number of hydrazone groups is 1. The van der Waals surface area contributed by atoms with Crippen LogP contribution in [0.15, 0.2) is 59.7 Å². The van der Waals surface area contributed by atoms with Crippen molar-refractivity contribution in [2.45, 2.75) is 18.9 Å². The molecule has 0 spiro atoms. The summed E-state index contributed by atoms with van der Waals surface area (Å²) in [5, 5.41) is 14.6. The van der Waals surface area contributed by atoms with Crippen molar-refractivity contribution < 1.29 is 14.5 Å². The predicted molar refractivity (Wildman–Crippen MR) is 96.7 cm³/mol. The van der Waals surface area contributed by atoms with Crippen LogP contribution < -0.4 is 5.43 Å². The molecule has 0 bridgehead atoms. The minimum absolute atomic E-state index is 0.00789. The molecule has 2 aromatic carbocycles. The van der Waals surface area contributed by atoms with Crippen LogP contribution in [0.2, 0.25) is 0 Å². The molecule has 134 valence electrons. The molecule has 0 saturated heterocycles. The highest BCUT2D eigenvalue weighted by Gasteiger charge is 2.60. The van der Waals surface area contributed by atoms with Crippen LogP contribution in [0.1, 0.15) is 24.5 Å². The molecule has 0 radical (unpaired) electrons. The topological polar surface area (TPSA) is 93.8 Å². The lowest BCUT2D eigenvalue weighted by molar-refractivity contribution is -0.384. The number of nitrogens with one attached hydrogen (secondary N) is 1. The van der Waals surface area contributed by atoms with Crippen molar-refractivity contribution in [3.63, 3.8) is 0 Å². The molecule has 1 amide bonds. The number of amides is 1. The van der Waals surface area contributed by atoms with Crippen LogP contribution in [0.5, 0.6) is 0 Å². The van der Waals surface area contributed by atoms with Gasteiger partial charge in [-0.2, -0.15) is 5.10 Å². The average Bonchev–Trinajstić information content (AvgIpc) is 3.39. The third-order valence-electron chi connectivity index (χ3n) is 4.38. The largest absolute Gasteiger partial charge is 0.370 e. The second kappa shape index (κ2) is 7.45. The van der Waals surface area contributed by atoms with Crippen molar-refractivity contribution in [2.24, 2.45) is 11.0 Å². The normalized spacial score (nSPS) is 21.5. The number of nitro benzene ring substituents is 1. The molecule has 0 aromatic heterocycles. The molecule has 2 atom stereocenters. The predicted octanol–water partition coefficient (Wildman–Crippen LogP) is 3.00. The van der Waals surface area contributed by atoms with Crippen LogP contribution in [0.25, 0.3) is 0 Å². The van der Waals surface area contributed by atoms with Gasteiger partial charge in [0.1, 0.15) is 5.60 Å². The monoisotopic (exact) mass is 353 g/mol. The molecule has 1 fully saturated rings. The van der Waals surface area contributed by atoms with E-state index in [4.69, 9.17) is 4.74 Å². The summed E-state index contributed by atoms with van der Waals surface area (Å²) in [6, 6.07) is 15.6. The summed E-state index contributed by atoms with van der Waals surface area (Å²) in [7, 11) is 0. The molecule has 26 heavy (non-hydrogen) atoms. The van der Waals surface area contributed by atoms with E-state index >= 15 is 0 Å². The van der Waals surface area contributed by atoms with E-state index in [-0.39, 0.29) is 17.5 Å². The van der Waals surface area contributed by atoms with Gasteiger partial charge in [-0.25, -0.2) is 5.43 Å². The smallest absolute Gasteiger partial charge is 0.269 e. The van der Waals surface area contributed by atoms with Gasteiger partial charge in [-0.05, 0) is 36.6 Å². The quantitative estimate of drug-likeness (QED) is 0.470. The fourth-order valence-corrected chi connectivity index (χ4v) is 3.02. The highest BCUT2D eigenvalue weighted by molar-refractivity contribution is 5.86. The number of ether oxygens (including phenoxy) is 1. The third kappa shape index (κ3) is 3.62. The Morgan fingerprint density at radius 2 is 2.00 bits per heavy atom. The second-order valence-corrected chi connectivity index (χ2v) is 6.03. The number of carbonyl (C=O) groups excluding carboxylic acids is 1. The number of rotatable bonds is 7. The van der Waals surface area contributed by atoms with Crippen LogP contribution in [0.4, 0.5) is 5.69 Å². The number of nitrogens with zero attached hydrogens (tertiary/aromatic N) is 2. The molecule has 0 unspecified atom stereocenters. The Balaban J connectivity index is 1.62.